The van der Waals surface area contributed by atoms with Crippen LogP contribution in [0.4, 0.5) is 0 Å². The monoisotopic (exact) mass is 315 g/mol. The minimum atomic E-state index is -0.237. The van der Waals surface area contributed by atoms with Gasteiger partial charge in [-0.1, -0.05) is 51.1 Å². The highest BCUT2D eigenvalue weighted by atomic mass is 35.5. The van der Waals surface area contributed by atoms with E-state index in [0.717, 1.165) is 0 Å². The average molecular weight is 316 g/mol. The molecule has 1 amide bonds. The molecular formula is C14H22ClN3OS. The van der Waals surface area contributed by atoms with Crippen molar-refractivity contribution in [1.29, 1.82) is 0 Å². The lowest BCUT2D eigenvalue weighted by molar-refractivity contribution is 0.0931. The summed E-state index contributed by atoms with van der Waals surface area (Å²) in [5.41, 5.74) is 0.247. The Morgan fingerprint density at radius 3 is 2.45 bits per heavy atom. The molecule has 0 aromatic carbocycles. The van der Waals surface area contributed by atoms with Crippen LogP contribution in [0.25, 0.3) is 0 Å². The molecule has 4 nitrogen and oxygen atoms in total. The molecule has 1 N–H and O–H groups in total. The lowest BCUT2D eigenvalue weighted by Gasteiger charge is -2.25. The zero-order valence-electron chi connectivity index (χ0n) is 12.6. The molecule has 1 aromatic heterocycles. The van der Waals surface area contributed by atoms with E-state index >= 15 is 0 Å². The summed E-state index contributed by atoms with van der Waals surface area (Å²) in [6.07, 6.45) is 3.33. The van der Waals surface area contributed by atoms with Gasteiger partial charge in [0.05, 0.1) is 11.2 Å². The Balaban J connectivity index is 2.76. The van der Waals surface area contributed by atoms with E-state index in [-0.39, 0.29) is 16.6 Å². The maximum atomic E-state index is 12.2. The van der Waals surface area contributed by atoms with E-state index in [9.17, 15) is 4.79 Å². The lowest BCUT2D eigenvalue weighted by Crippen LogP contribution is -2.34. The number of hydrogen-bond donors (Lipinski definition) is 1. The van der Waals surface area contributed by atoms with Crippen LogP contribution < -0.4 is 5.32 Å². The van der Waals surface area contributed by atoms with Crippen LogP contribution in [0.1, 0.15) is 38.2 Å². The molecule has 0 aliphatic carbocycles. The molecule has 1 heterocycles. The molecule has 0 fully saturated rings. The van der Waals surface area contributed by atoms with Gasteiger partial charge >= 0.3 is 0 Å². The fraction of sp³-hybridized carbons (Fsp3) is 0.643. The van der Waals surface area contributed by atoms with Gasteiger partial charge in [0.2, 0.25) is 0 Å². The summed E-state index contributed by atoms with van der Waals surface area (Å²) in [5, 5.41) is 3.76. The summed E-state index contributed by atoms with van der Waals surface area (Å²) < 4.78 is 0. The van der Waals surface area contributed by atoms with E-state index in [1.807, 2.05) is 6.26 Å². The maximum Gasteiger partial charge on any atom is 0.271 e. The van der Waals surface area contributed by atoms with E-state index in [2.05, 4.69) is 43.0 Å². The van der Waals surface area contributed by atoms with Gasteiger partial charge in [0.1, 0.15) is 0 Å². The lowest BCUT2D eigenvalue weighted by atomic mass is 9.85. The number of carbonyl (C=O) groups excluding carboxylic acids is 1. The quantitative estimate of drug-likeness (QED) is 0.644. The zero-order chi connectivity index (χ0) is 15.3. The van der Waals surface area contributed by atoms with Crippen molar-refractivity contribution in [2.24, 2.45) is 17.8 Å². The minimum Gasteiger partial charge on any atom is -0.350 e. The van der Waals surface area contributed by atoms with Crippen LogP contribution in [0.15, 0.2) is 11.4 Å². The first kappa shape index (κ1) is 17.2. The van der Waals surface area contributed by atoms with Crippen LogP contribution >= 0.6 is 23.4 Å². The molecular weight excluding hydrogens is 294 g/mol. The molecule has 20 heavy (non-hydrogen) atoms. The summed E-state index contributed by atoms with van der Waals surface area (Å²) in [4.78, 5) is 20.4. The van der Waals surface area contributed by atoms with E-state index in [1.165, 1.54) is 18.0 Å². The molecule has 0 aliphatic rings. The van der Waals surface area contributed by atoms with Gasteiger partial charge in [0.15, 0.2) is 10.9 Å². The fourth-order valence-electron chi connectivity index (χ4n) is 2.14. The topological polar surface area (TPSA) is 54.9 Å². The molecule has 0 aliphatic heterocycles. The van der Waals surface area contributed by atoms with E-state index in [0.29, 0.717) is 29.5 Å². The fourth-order valence-corrected chi connectivity index (χ4v) is 2.66. The number of halogens is 1. The Morgan fingerprint density at radius 2 is 1.95 bits per heavy atom. The highest BCUT2D eigenvalue weighted by molar-refractivity contribution is 7.98. The highest BCUT2D eigenvalue weighted by Crippen LogP contribution is 2.20. The molecule has 112 valence electrons. The number of rotatable bonds is 6. The van der Waals surface area contributed by atoms with Crippen molar-refractivity contribution in [3.05, 3.63) is 16.9 Å². The Bertz CT molecular complexity index is 458. The van der Waals surface area contributed by atoms with Crippen molar-refractivity contribution in [3.8, 4) is 0 Å². The molecule has 0 radical (unpaired) electrons. The van der Waals surface area contributed by atoms with Gasteiger partial charge in [-0.05, 0) is 24.0 Å². The molecule has 0 atom stereocenters. The van der Waals surface area contributed by atoms with Crippen molar-refractivity contribution < 1.29 is 4.79 Å². The molecule has 6 heteroatoms. The van der Waals surface area contributed by atoms with Gasteiger partial charge in [-0.25, -0.2) is 9.97 Å². The van der Waals surface area contributed by atoms with Crippen LogP contribution in [0.3, 0.4) is 0 Å². The van der Waals surface area contributed by atoms with Crippen molar-refractivity contribution in [1.82, 2.24) is 15.3 Å². The summed E-state index contributed by atoms with van der Waals surface area (Å²) >= 11 is 7.38. The number of nitrogens with one attached hydrogen (secondary N) is 1. The van der Waals surface area contributed by atoms with Gasteiger partial charge in [0, 0.05) is 6.54 Å². The average Bonchev–Trinajstić information content (AvgIpc) is 2.38. The third kappa shape index (κ3) is 4.63. The summed E-state index contributed by atoms with van der Waals surface area (Å²) in [6, 6.07) is 0. The van der Waals surface area contributed by atoms with Crippen molar-refractivity contribution in [3.63, 3.8) is 0 Å². The number of aromatic nitrogens is 2. The molecule has 0 unspecified atom stereocenters. The smallest absolute Gasteiger partial charge is 0.271 e. The van der Waals surface area contributed by atoms with E-state index in [4.69, 9.17) is 11.6 Å². The van der Waals surface area contributed by atoms with Crippen molar-refractivity contribution >= 4 is 29.3 Å². The van der Waals surface area contributed by atoms with Gasteiger partial charge in [-0.2, -0.15) is 0 Å². The van der Waals surface area contributed by atoms with E-state index in [1.54, 1.807) is 0 Å². The summed E-state index contributed by atoms with van der Waals surface area (Å²) in [7, 11) is 0. The summed E-state index contributed by atoms with van der Waals surface area (Å²) in [5.74, 6) is 1.22. The molecule has 0 bridgehead atoms. The van der Waals surface area contributed by atoms with Crippen LogP contribution in [0.2, 0.25) is 5.02 Å². The first-order valence-electron chi connectivity index (χ1n) is 6.71. The molecule has 0 saturated heterocycles. The zero-order valence-corrected chi connectivity index (χ0v) is 14.2. The van der Waals surface area contributed by atoms with Crippen LogP contribution in [-0.2, 0) is 0 Å². The Morgan fingerprint density at radius 1 is 1.35 bits per heavy atom. The Labute approximate surface area is 130 Å². The van der Waals surface area contributed by atoms with Gasteiger partial charge in [-0.15, -0.1) is 0 Å². The number of hydrogen-bond acceptors (Lipinski definition) is 4. The minimum absolute atomic E-state index is 0.237. The van der Waals surface area contributed by atoms with Gasteiger partial charge in [-0.3, -0.25) is 4.79 Å². The maximum absolute atomic E-state index is 12.2. The Kier molecular flexibility index (Phi) is 6.76. The van der Waals surface area contributed by atoms with Crippen LogP contribution in [-0.4, -0.2) is 28.7 Å². The van der Waals surface area contributed by atoms with Crippen molar-refractivity contribution in [2.45, 2.75) is 32.9 Å². The third-order valence-electron chi connectivity index (χ3n) is 3.33. The highest BCUT2D eigenvalue weighted by Gasteiger charge is 2.20. The SMILES string of the molecule is CSc1ncc(Cl)c(C(=O)NCC(C(C)C)C(C)C)n1. The standard InChI is InChI=1S/C14H22ClN3OS/c1-8(2)10(9(3)4)6-16-13(19)12-11(15)7-17-14(18-12)20-5/h7-10H,6H2,1-5H3,(H,16,19). The van der Waals surface area contributed by atoms with Crippen LogP contribution in [0, 0.1) is 17.8 Å². The predicted octanol–water partition coefficient (Wildman–Crippen LogP) is 3.51. The predicted molar refractivity (Wildman–Crippen MR) is 84.3 cm³/mol. The van der Waals surface area contributed by atoms with Gasteiger partial charge < -0.3 is 5.32 Å². The summed E-state index contributed by atoms with van der Waals surface area (Å²) in [6.45, 7) is 9.30. The molecule has 1 rings (SSSR count). The molecule has 0 saturated carbocycles. The Hall–Kier alpha value is -0.810. The largest absolute Gasteiger partial charge is 0.350 e. The first-order valence-corrected chi connectivity index (χ1v) is 8.31. The van der Waals surface area contributed by atoms with Gasteiger partial charge in [0.25, 0.3) is 5.91 Å². The third-order valence-corrected chi connectivity index (χ3v) is 4.17. The molecule has 0 spiro atoms. The molecule has 1 aromatic rings. The second-order valence-corrected chi connectivity index (χ2v) is 6.60. The number of amides is 1. The number of thioether (sulfide) groups is 1. The number of nitrogens with zero attached hydrogens (tertiary/aromatic N) is 2. The normalized spacial score (nSPS) is 11.4. The van der Waals surface area contributed by atoms with Crippen molar-refractivity contribution in [2.75, 3.05) is 12.8 Å². The second-order valence-electron chi connectivity index (χ2n) is 5.42. The first-order chi connectivity index (χ1) is 9.36. The van der Waals surface area contributed by atoms with E-state index < -0.39 is 0 Å². The number of carbonyl (C=O) groups is 1. The second kappa shape index (κ2) is 7.84. The van der Waals surface area contributed by atoms with Crippen LogP contribution in [0.5, 0.6) is 0 Å².